The molecule has 0 radical (unpaired) electrons. The molecule has 1 aromatic carbocycles. The van der Waals surface area contributed by atoms with E-state index in [4.69, 9.17) is 23.2 Å². The summed E-state index contributed by atoms with van der Waals surface area (Å²) in [6.45, 7) is 5.03. The van der Waals surface area contributed by atoms with Crippen LogP contribution in [0.5, 0.6) is 0 Å². The van der Waals surface area contributed by atoms with E-state index in [0.29, 0.717) is 10.0 Å². The molecular weight excluding hydrogens is 291 g/mol. The van der Waals surface area contributed by atoms with Gasteiger partial charge in [0.05, 0.1) is 0 Å². The lowest BCUT2D eigenvalue weighted by Crippen LogP contribution is -2.24. The Kier molecular flexibility index (Phi) is 5.41. The molecule has 0 aliphatic heterocycles. The molecule has 0 spiro atoms. The minimum Gasteiger partial charge on any atom is -0.310 e. The zero-order valence-electron chi connectivity index (χ0n) is 11.7. The molecule has 1 N–H and O–H groups in total. The Morgan fingerprint density at radius 3 is 2.70 bits per heavy atom. The van der Waals surface area contributed by atoms with E-state index in [1.165, 1.54) is 5.56 Å². The van der Waals surface area contributed by atoms with Crippen molar-refractivity contribution in [1.82, 2.24) is 10.3 Å². The van der Waals surface area contributed by atoms with E-state index >= 15 is 0 Å². The highest BCUT2D eigenvalue weighted by molar-refractivity contribution is 6.35. The molecule has 0 aliphatic rings. The summed E-state index contributed by atoms with van der Waals surface area (Å²) in [5.41, 5.74) is 3.34. The van der Waals surface area contributed by atoms with Crippen LogP contribution in [0.15, 0.2) is 36.5 Å². The molecule has 0 saturated carbocycles. The maximum atomic E-state index is 6.32. The number of likely N-dealkylation sites (N-methyl/N-ethyl adjacent to an activating group) is 1. The van der Waals surface area contributed by atoms with E-state index in [9.17, 15) is 0 Å². The van der Waals surface area contributed by atoms with E-state index in [-0.39, 0.29) is 6.04 Å². The molecule has 4 heteroatoms. The maximum Gasteiger partial charge on any atom is 0.0468 e. The summed E-state index contributed by atoms with van der Waals surface area (Å²) in [6, 6.07) is 9.81. The number of hydrogen-bond donors (Lipinski definition) is 1. The normalized spacial score (nSPS) is 12.4. The van der Waals surface area contributed by atoms with Crippen molar-refractivity contribution in [3.63, 3.8) is 0 Å². The summed E-state index contributed by atoms with van der Waals surface area (Å²) in [4.78, 5) is 4.46. The third-order valence-corrected chi connectivity index (χ3v) is 3.87. The van der Waals surface area contributed by atoms with Gasteiger partial charge in [-0.15, -0.1) is 0 Å². The fraction of sp³-hybridized carbons (Fsp3) is 0.312. The highest BCUT2D eigenvalue weighted by Gasteiger charge is 2.16. The van der Waals surface area contributed by atoms with Gasteiger partial charge in [-0.3, -0.25) is 4.98 Å². The first-order valence-electron chi connectivity index (χ1n) is 6.70. The smallest absolute Gasteiger partial charge is 0.0468 e. The molecule has 1 unspecified atom stereocenters. The van der Waals surface area contributed by atoms with Crippen molar-refractivity contribution in [2.45, 2.75) is 26.3 Å². The van der Waals surface area contributed by atoms with Crippen LogP contribution >= 0.6 is 23.2 Å². The van der Waals surface area contributed by atoms with E-state index in [0.717, 1.165) is 24.2 Å². The van der Waals surface area contributed by atoms with Gasteiger partial charge < -0.3 is 5.32 Å². The van der Waals surface area contributed by atoms with Gasteiger partial charge in [-0.25, -0.2) is 0 Å². The highest BCUT2D eigenvalue weighted by Crippen LogP contribution is 2.28. The molecule has 0 aliphatic carbocycles. The third kappa shape index (κ3) is 3.72. The second-order valence-corrected chi connectivity index (χ2v) is 5.59. The van der Waals surface area contributed by atoms with Crippen LogP contribution in [0.4, 0.5) is 0 Å². The first-order chi connectivity index (χ1) is 9.61. The molecule has 0 fully saturated rings. The van der Waals surface area contributed by atoms with Crippen molar-refractivity contribution in [2.75, 3.05) is 6.54 Å². The summed E-state index contributed by atoms with van der Waals surface area (Å²) in [5, 5.41) is 4.81. The van der Waals surface area contributed by atoms with Crippen LogP contribution < -0.4 is 5.32 Å². The molecule has 2 rings (SSSR count). The Bertz CT molecular complexity index is 584. The lowest BCUT2D eigenvalue weighted by molar-refractivity contribution is 0.543. The molecule has 2 nitrogen and oxygen atoms in total. The Morgan fingerprint density at radius 2 is 2.05 bits per heavy atom. The molecule has 0 amide bonds. The minimum absolute atomic E-state index is 0.137. The third-order valence-electron chi connectivity index (χ3n) is 3.30. The van der Waals surface area contributed by atoms with E-state index < -0.39 is 0 Å². The Balaban J connectivity index is 2.29. The van der Waals surface area contributed by atoms with E-state index in [1.54, 1.807) is 6.07 Å². The summed E-state index contributed by atoms with van der Waals surface area (Å²) in [5.74, 6) is 0. The number of hydrogen-bond acceptors (Lipinski definition) is 2. The van der Waals surface area contributed by atoms with Crippen LogP contribution in [0, 0.1) is 6.92 Å². The van der Waals surface area contributed by atoms with Crippen molar-refractivity contribution < 1.29 is 0 Å². The number of nitrogens with one attached hydrogen (secondary N) is 1. The molecule has 20 heavy (non-hydrogen) atoms. The Labute approximate surface area is 130 Å². The zero-order valence-corrected chi connectivity index (χ0v) is 13.2. The number of benzene rings is 1. The molecule has 1 heterocycles. The molecule has 2 aromatic rings. The van der Waals surface area contributed by atoms with Gasteiger partial charge in [-0.2, -0.15) is 0 Å². The van der Waals surface area contributed by atoms with Gasteiger partial charge in [-0.1, -0.05) is 42.3 Å². The predicted octanol–water partition coefficient (Wildman–Crippen LogP) is 4.59. The summed E-state index contributed by atoms with van der Waals surface area (Å²) in [7, 11) is 0. The van der Waals surface area contributed by atoms with Crippen molar-refractivity contribution >= 4 is 23.2 Å². The van der Waals surface area contributed by atoms with E-state index in [2.05, 4.69) is 30.2 Å². The number of aromatic nitrogens is 1. The molecule has 1 aromatic heterocycles. The molecular formula is C16H18Cl2N2. The zero-order chi connectivity index (χ0) is 14.5. The van der Waals surface area contributed by atoms with E-state index in [1.807, 2.05) is 24.4 Å². The second kappa shape index (κ2) is 7.07. The van der Waals surface area contributed by atoms with Gasteiger partial charge in [0.15, 0.2) is 0 Å². The fourth-order valence-electron chi connectivity index (χ4n) is 2.25. The molecule has 0 saturated heterocycles. The topological polar surface area (TPSA) is 24.9 Å². The van der Waals surface area contributed by atoms with Crippen LogP contribution in [0.1, 0.15) is 29.8 Å². The first-order valence-corrected chi connectivity index (χ1v) is 7.46. The van der Waals surface area contributed by atoms with Crippen LogP contribution in [0.25, 0.3) is 0 Å². The number of halogens is 2. The van der Waals surface area contributed by atoms with Crippen LogP contribution in [0.2, 0.25) is 10.0 Å². The highest BCUT2D eigenvalue weighted by atomic mass is 35.5. The van der Waals surface area contributed by atoms with Gasteiger partial charge in [0.2, 0.25) is 0 Å². The number of rotatable bonds is 5. The minimum atomic E-state index is 0.137. The van der Waals surface area contributed by atoms with Crippen molar-refractivity contribution in [2.24, 2.45) is 0 Å². The molecule has 1 atom stereocenters. The lowest BCUT2D eigenvalue weighted by atomic mass is 9.99. The summed E-state index contributed by atoms with van der Waals surface area (Å²) >= 11 is 12.3. The molecule has 0 bridgehead atoms. The number of pyridine rings is 1. The second-order valence-electron chi connectivity index (χ2n) is 4.75. The Morgan fingerprint density at radius 1 is 1.25 bits per heavy atom. The van der Waals surface area contributed by atoms with Crippen molar-refractivity contribution in [3.05, 3.63) is 63.4 Å². The van der Waals surface area contributed by atoms with Gasteiger partial charge in [-0.05, 0) is 42.8 Å². The first kappa shape index (κ1) is 15.3. The van der Waals surface area contributed by atoms with Gasteiger partial charge in [0, 0.05) is 34.4 Å². The van der Waals surface area contributed by atoms with Crippen LogP contribution in [-0.4, -0.2) is 11.5 Å². The predicted molar refractivity (Wildman–Crippen MR) is 85.6 cm³/mol. The number of nitrogens with zero attached hydrogens (tertiary/aromatic N) is 1. The fourth-order valence-corrected chi connectivity index (χ4v) is 2.79. The summed E-state index contributed by atoms with van der Waals surface area (Å²) in [6.07, 6.45) is 2.64. The van der Waals surface area contributed by atoms with Crippen LogP contribution in [0.3, 0.4) is 0 Å². The average Bonchev–Trinajstić information content (AvgIpc) is 2.41. The van der Waals surface area contributed by atoms with Crippen molar-refractivity contribution in [1.29, 1.82) is 0 Å². The summed E-state index contributed by atoms with van der Waals surface area (Å²) < 4.78 is 0. The van der Waals surface area contributed by atoms with Gasteiger partial charge in [0.25, 0.3) is 0 Å². The monoisotopic (exact) mass is 308 g/mol. The Hall–Kier alpha value is -1.09. The van der Waals surface area contributed by atoms with Crippen LogP contribution in [-0.2, 0) is 6.42 Å². The quantitative estimate of drug-likeness (QED) is 0.874. The SMILES string of the molecule is CCNC(Cc1ncccc1C)c1ccc(Cl)cc1Cl. The van der Waals surface area contributed by atoms with Crippen molar-refractivity contribution in [3.8, 4) is 0 Å². The maximum absolute atomic E-state index is 6.32. The van der Waals surface area contributed by atoms with Gasteiger partial charge in [0.1, 0.15) is 0 Å². The van der Waals surface area contributed by atoms with Gasteiger partial charge >= 0.3 is 0 Å². The lowest BCUT2D eigenvalue weighted by Gasteiger charge is -2.20. The molecule has 106 valence electrons. The largest absolute Gasteiger partial charge is 0.310 e. The standard InChI is InChI=1S/C16H18Cl2N2/c1-3-19-16(10-15-11(2)5-4-8-20-15)13-7-6-12(17)9-14(13)18/h4-9,16,19H,3,10H2,1-2H3. The number of aryl methyl sites for hydroxylation is 1. The average molecular weight is 309 g/mol.